The first kappa shape index (κ1) is 11.8. The van der Waals surface area contributed by atoms with E-state index < -0.39 is 0 Å². The Morgan fingerprint density at radius 2 is 2.24 bits per heavy atom. The van der Waals surface area contributed by atoms with Crippen LogP contribution in [-0.4, -0.2) is 33.9 Å². The normalized spacial score (nSPS) is 19.1. The predicted octanol–water partition coefficient (Wildman–Crippen LogP) is 1.32. The molecule has 0 atom stereocenters. The summed E-state index contributed by atoms with van der Waals surface area (Å²) in [5, 5.41) is 0. The maximum atomic E-state index is 12.2. The lowest BCUT2D eigenvalue weighted by Gasteiger charge is -2.37. The molecular weight excluding hydrogens is 216 g/mol. The van der Waals surface area contributed by atoms with Crippen molar-refractivity contribution in [1.29, 1.82) is 0 Å². The fraction of sp³-hybridized carbons (Fsp3) is 0.583. The van der Waals surface area contributed by atoms with Crippen LogP contribution in [0.2, 0.25) is 0 Å². The zero-order valence-electron chi connectivity index (χ0n) is 10.3. The summed E-state index contributed by atoms with van der Waals surface area (Å²) >= 11 is 0. The summed E-state index contributed by atoms with van der Waals surface area (Å²) in [6, 6.07) is 0. The maximum Gasteiger partial charge on any atom is 0.274 e. The Balaban J connectivity index is 2.15. The highest BCUT2D eigenvalue weighted by atomic mass is 16.2. The topological polar surface area (TPSA) is 72.1 Å². The van der Waals surface area contributed by atoms with Crippen molar-refractivity contribution in [3.8, 4) is 0 Å². The standard InChI is InChI=1S/C12H18N4O/c1-12(2)4-3-5-16(8-12)11(17)9-6-14-7-10(13)15-9/h6-7H,3-5,8H2,1-2H3,(H2,13,15). The molecule has 2 N–H and O–H groups in total. The summed E-state index contributed by atoms with van der Waals surface area (Å²) in [6.45, 7) is 5.91. The second-order valence-corrected chi connectivity index (χ2v) is 5.32. The van der Waals surface area contributed by atoms with E-state index in [1.54, 1.807) is 0 Å². The number of likely N-dealkylation sites (tertiary alicyclic amines) is 1. The lowest BCUT2D eigenvalue weighted by Crippen LogP contribution is -2.43. The highest BCUT2D eigenvalue weighted by Gasteiger charge is 2.30. The lowest BCUT2D eigenvalue weighted by molar-refractivity contribution is 0.0577. The van der Waals surface area contributed by atoms with Gasteiger partial charge in [-0.25, -0.2) is 4.98 Å². The van der Waals surface area contributed by atoms with Crippen LogP contribution in [0.4, 0.5) is 5.82 Å². The van der Waals surface area contributed by atoms with E-state index in [2.05, 4.69) is 23.8 Å². The minimum absolute atomic E-state index is 0.0717. The van der Waals surface area contributed by atoms with E-state index in [0.29, 0.717) is 5.69 Å². The Bertz CT molecular complexity index is 430. The molecule has 92 valence electrons. The summed E-state index contributed by atoms with van der Waals surface area (Å²) in [5.41, 5.74) is 6.05. The van der Waals surface area contributed by atoms with Gasteiger partial charge in [-0.3, -0.25) is 9.78 Å². The van der Waals surface area contributed by atoms with Crippen LogP contribution in [0.1, 0.15) is 37.2 Å². The molecule has 1 saturated heterocycles. The molecule has 17 heavy (non-hydrogen) atoms. The van der Waals surface area contributed by atoms with Crippen molar-refractivity contribution >= 4 is 11.7 Å². The number of hydrogen-bond acceptors (Lipinski definition) is 4. The number of anilines is 1. The molecule has 1 aromatic heterocycles. The summed E-state index contributed by atoms with van der Waals surface area (Å²) in [5.74, 6) is 0.213. The number of carbonyl (C=O) groups is 1. The van der Waals surface area contributed by atoms with Crippen LogP contribution in [0.25, 0.3) is 0 Å². The van der Waals surface area contributed by atoms with Gasteiger partial charge in [-0.15, -0.1) is 0 Å². The van der Waals surface area contributed by atoms with Gasteiger partial charge in [-0.05, 0) is 18.3 Å². The van der Waals surface area contributed by atoms with Crippen LogP contribution in [0.5, 0.6) is 0 Å². The van der Waals surface area contributed by atoms with Gasteiger partial charge in [-0.1, -0.05) is 13.8 Å². The fourth-order valence-corrected chi connectivity index (χ4v) is 2.24. The van der Waals surface area contributed by atoms with Crippen molar-refractivity contribution in [2.45, 2.75) is 26.7 Å². The quantitative estimate of drug-likeness (QED) is 0.795. The largest absolute Gasteiger partial charge is 0.382 e. The van der Waals surface area contributed by atoms with Gasteiger partial charge in [0.25, 0.3) is 5.91 Å². The first-order valence-corrected chi connectivity index (χ1v) is 5.85. The van der Waals surface area contributed by atoms with E-state index in [-0.39, 0.29) is 17.1 Å². The van der Waals surface area contributed by atoms with Crippen molar-refractivity contribution in [1.82, 2.24) is 14.9 Å². The minimum Gasteiger partial charge on any atom is -0.382 e. The SMILES string of the molecule is CC1(C)CCCN(C(=O)c2cncc(N)n2)C1. The van der Waals surface area contributed by atoms with Crippen LogP contribution in [0.15, 0.2) is 12.4 Å². The lowest BCUT2D eigenvalue weighted by atomic mass is 9.84. The van der Waals surface area contributed by atoms with E-state index in [4.69, 9.17) is 5.73 Å². The van der Waals surface area contributed by atoms with E-state index in [9.17, 15) is 4.79 Å². The number of amides is 1. The van der Waals surface area contributed by atoms with E-state index >= 15 is 0 Å². The molecule has 2 heterocycles. The highest BCUT2D eigenvalue weighted by Crippen LogP contribution is 2.28. The van der Waals surface area contributed by atoms with Gasteiger partial charge in [-0.2, -0.15) is 0 Å². The van der Waals surface area contributed by atoms with Crippen molar-refractivity contribution in [2.75, 3.05) is 18.8 Å². The molecule has 2 rings (SSSR count). The molecule has 0 aliphatic carbocycles. The van der Waals surface area contributed by atoms with Crippen molar-refractivity contribution < 1.29 is 4.79 Å². The van der Waals surface area contributed by atoms with Crippen LogP contribution in [-0.2, 0) is 0 Å². The first-order chi connectivity index (χ1) is 7.98. The van der Waals surface area contributed by atoms with E-state index in [0.717, 1.165) is 25.9 Å². The van der Waals surface area contributed by atoms with Crippen LogP contribution < -0.4 is 5.73 Å². The molecule has 0 bridgehead atoms. The number of nitrogen functional groups attached to an aromatic ring is 1. The Morgan fingerprint density at radius 3 is 2.88 bits per heavy atom. The zero-order chi connectivity index (χ0) is 12.5. The molecule has 0 radical (unpaired) electrons. The van der Waals surface area contributed by atoms with Gasteiger partial charge in [0, 0.05) is 13.1 Å². The van der Waals surface area contributed by atoms with Crippen LogP contribution in [0.3, 0.4) is 0 Å². The highest BCUT2D eigenvalue weighted by molar-refractivity contribution is 5.92. The molecule has 1 fully saturated rings. The fourth-order valence-electron chi connectivity index (χ4n) is 2.24. The maximum absolute atomic E-state index is 12.2. The molecule has 1 aliphatic heterocycles. The molecule has 0 unspecified atom stereocenters. The van der Waals surface area contributed by atoms with Gasteiger partial charge in [0.15, 0.2) is 0 Å². The number of rotatable bonds is 1. The van der Waals surface area contributed by atoms with Crippen molar-refractivity contribution in [3.05, 3.63) is 18.1 Å². The molecule has 1 aliphatic rings. The van der Waals surface area contributed by atoms with E-state index in [1.807, 2.05) is 4.90 Å². The molecule has 0 spiro atoms. The van der Waals surface area contributed by atoms with Gasteiger partial charge in [0.05, 0.1) is 12.4 Å². The van der Waals surface area contributed by atoms with E-state index in [1.165, 1.54) is 12.4 Å². The van der Waals surface area contributed by atoms with Crippen LogP contribution >= 0.6 is 0 Å². The monoisotopic (exact) mass is 234 g/mol. The molecule has 0 aromatic carbocycles. The second kappa shape index (κ2) is 4.31. The van der Waals surface area contributed by atoms with Gasteiger partial charge in [0.1, 0.15) is 11.5 Å². The number of nitrogens with zero attached hydrogens (tertiary/aromatic N) is 3. The molecule has 1 amide bonds. The minimum atomic E-state index is -0.0717. The summed E-state index contributed by atoms with van der Waals surface area (Å²) in [7, 11) is 0. The molecule has 5 nitrogen and oxygen atoms in total. The average molecular weight is 234 g/mol. The third kappa shape index (κ3) is 2.72. The first-order valence-electron chi connectivity index (χ1n) is 5.85. The number of hydrogen-bond donors (Lipinski definition) is 1. The molecule has 5 heteroatoms. The molecule has 1 aromatic rings. The van der Waals surface area contributed by atoms with Gasteiger partial charge < -0.3 is 10.6 Å². The third-order valence-electron chi connectivity index (χ3n) is 3.06. The Labute approximate surface area is 101 Å². The Hall–Kier alpha value is -1.65. The van der Waals surface area contributed by atoms with Gasteiger partial charge in [0.2, 0.25) is 0 Å². The second-order valence-electron chi connectivity index (χ2n) is 5.32. The predicted molar refractivity (Wildman–Crippen MR) is 65.4 cm³/mol. The van der Waals surface area contributed by atoms with Crippen molar-refractivity contribution in [2.24, 2.45) is 5.41 Å². The number of piperidine rings is 1. The summed E-state index contributed by atoms with van der Waals surface area (Å²) in [4.78, 5) is 22.0. The number of aromatic nitrogens is 2. The third-order valence-corrected chi connectivity index (χ3v) is 3.06. The molecule has 0 saturated carbocycles. The van der Waals surface area contributed by atoms with Crippen LogP contribution in [0, 0.1) is 5.41 Å². The Morgan fingerprint density at radius 1 is 1.47 bits per heavy atom. The summed E-state index contributed by atoms with van der Waals surface area (Å²) in [6.07, 6.45) is 5.10. The zero-order valence-corrected chi connectivity index (χ0v) is 10.3. The number of nitrogens with two attached hydrogens (primary N) is 1. The van der Waals surface area contributed by atoms with Crippen molar-refractivity contribution in [3.63, 3.8) is 0 Å². The smallest absolute Gasteiger partial charge is 0.274 e. The molecular formula is C12H18N4O. The summed E-state index contributed by atoms with van der Waals surface area (Å²) < 4.78 is 0. The van der Waals surface area contributed by atoms with Gasteiger partial charge >= 0.3 is 0 Å². The Kier molecular flexibility index (Phi) is 3.00. The average Bonchev–Trinajstić information content (AvgIpc) is 2.26. The number of carbonyl (C=O) groups excluding carboxylic acids is 1.